The van der Waals surface area contributed by atoms with E-state index in [9.17, 15) is 9.59 Å². The summed E-state index contributed by atoms with van der Waals surface area (Å²) in [6.45, 7) is 8.09. The Kier molecular flexibility index (Phi) is 9.24. The highest BCUT2D eigenvalue weighted by molar-refractivity contribution is 9.10. The summed E-state index contributed by atoms with van der Waals surface area (Å²) >= 11 is 5.05. The van der Waals surface area contributed by atoms with Gasteiger partial charge in [0.2, 0.25) is 11.8 Å². The Morgan fingerprint density at radius 2 is 1.76 bits per heavy atom. The molecule has 6 heteroatoms. The molecule has 0 saturated heterocycles. The Balaban J connectivity index is 2.06. The van der Waals surface area contributed by atoms with Gasteiger partial charge in [0, 0.05) is 22.8 Å². The van der Waals surface area contributed by atoms with Crippen LogP contribution >= 0.6 is 27.7 Å². The summed E-state index contributed by atoms with van der Waals surface area (Å²) in [5.41, 5.74) is 3.40. The lowest BCUT2D eigenvalue weighted by Gasteiger charge is -2.29. The minimum Gasteiger partial charge on any atom is -0.352 e. The maximum absolute atomic E-state index is 13.0. The first-order chi connectivity index (χ1) is 13.8. The van der Waals surface area contributed by atoms with Crippen LogP contribution in [0, 0.1) is 6.92 Å². The van der Waals surface area contributed by atoms with E-state index in [0.29, 0.717) is 12.3 Å². The number of aryl methyl sites for hydroxylation is 1. The second-order valence-corrected chi connectivity index (χ2v) is 9.37. The third-order valence-electron chi connectivity index (χ3n) is 4.46. The Bertz CT molecular complexity index is 824. The molecule has 0 heterocycles. The molecule has 4 nitrogen and oxygen atoms in total. The normalized spacial score (nSPS) is 11.9. The lowest BCUT2D eigenvalue weighted by molar-refractivity contribution is -0.138. The highest BCUT2D eigenvalue weighted by Crippen LogP contribution is 2.18. The topological polar surface area (TPSA) is 49.4 Å². The highest BCUT2D eigenvalue weighted by atomic mass is 79.9. The van der Waals surface area contributed by atoms with E-state index in [1.165, 1.54) is 11.1 Å². The fourth-order valence-electron chi connectivity index (χ4n) is 2.84. The van der Waals surface area contributed by atoms with Gasteiger partial charge in [-0.2, -0.15) is 0 Å². The van der Waals surface area contributed by atoms with Crippen molar-refractivity contribution in [2.45, 2.75) is 52.1 Å². The molecule has 0 aliphatic carbocycles. The first-order valence-electron chi connectivity index (χ1n) is 9.74. The van der Waals surface area contributed by atoms with Crippen LogP contribution in [0.3, 0.4) is 0 Å². The van der Waals surface area contributed by atoms with E-state index in [0.717, 1.165) is 15.8 Å². The second kappa shape index (κ2) is 11.4. The fourth-order valence-corrected chi connectivity index (χ4v) is 4.16. The zero-order chi connectivity index (χ0) is 21.4. The van der Waals surface area contributed by atoms with Gasteiger partial charge in [-0.05, 0) is 51.0 Å². The van der Waals surface area contributed by atoms with E-state index in [4.69, 9.17) is 0 Å². The molecule has 0 bridgehead atoms. The van der Waals surface area contributed by atoms with Gasteiger partial charge >= 0.3 is 0 Å². The number of hydrogen-bond acceptors (Lipinski definition) is 3. The maximum Gasteiger partial charge on any atom is 0.242 e. The lowest BCUT2D eigenvalue weighted by atomic mass is 10.1. The number of carbonyl (C=O) groups excluding carboxylic acids is 2. The zero-order valence-corrected chi connectivity index (χ0v) is 19.8. The van der Waals surface area contributed by atoms with Crippen molar-refractivity contribution in [3.63, 3.8) is 0 Å². The summed E-state index contributed by atoms with van der Waals surface area (Å²) in [7, 11) is 0. The molecule has 2 amide bonds. The molecular weight excluding hydrogens is 448 g/mol. The number of amides is 2. The van der Waals surface area contributed by atoms with Crippen LogP contribution in [0.15, 0.2) is 53.0 Å². The Morgan fingerprint density at radius 3 is 2.38 bits per heavy atom. The second-order valence-electron chi connectivity index (χ2n) is 7.47. The molecule has 2 aromatic rings. The third kappa shape index (κ3) is 7.86. The number of halogens is 1. The summed E-state index contributed by atoms with van der Waals surface area (Å²) in [6, 6.07) is 15.7. The van der Waals surface area contributed by atoms with Gasteiger partial charge in [0.15, 0.2) is 0 Å². The molecule has 29 heavy (non-hydrogen) atoms. The van der Waals surface area contributed by atoms with Crippen LogP contribution in [0.1, 0.15) is 37.5 Å². The van der Waals surface area contributed by atoms with Crippen molar-refractivity contribution < 1.29 is 9.59 Å². The van der Waals surface area contributed by atoms with Crippen molar-refractivity contribution in [2.24, 2.45) is 0 Å². The Labute approximate surface area is 186 Å². The number of benzene rings is 2. The van der Waals surface area contributed by atoms with E-state index in [-0.39, 0.29) is 17.9 Å². The van der Waals surface area contributed by atoms with Crippen molar-refractivity contribution in [1.82, 2.24) is 10.2 Å². The number of thioether (sulfide) groups is 1. The molecule has 1 N–H and O–H groups in total. The van der Waals surface area contributed by atoms with Gasteiger partial charge in [-0.15, -0.1) is 11.8 Å². The lowest BCUT2D eigenvalue weighted by Crippen LogP contribution is -2.49. The SMILES string of the molecule is Cc1ccc(CSCC(=O)N(Cc2cccc(Br)c2)[C@@H](C)C(=O)NC(C)C)cc1. The van der Waals surface area contributed by atoms with Gasteiger partial charge in [0.25, 0.3) is 0 Å². The van der Waals surface area contributed by atoms with Gasteiger partial charge in [-0.1, -0.05) is 57.9 Å². The van der Waals surface area contributed by atoms with Crippen LogP contribution in [0.2, 0.25) is 0 Å². The van der Waals surface area contributed by atoms with Crippen molar-refractivity contribution in [2.75, 3.05) is 5.75 Å². The predicted molar refractivity (Wildman–Crippen MR) is 125 cm³/mol. The van der Waals surface area contributed by atoms with Crippen LogP contribution in [0.25, 0.3) is 0 Å². The molecule has 0 aliphatic heterocycles. The maximum atomic E-state index is 13.0. The standard InChI is InChI=1S/C23H29BrN2O2S/c1-16(2)25-23(28)18(4)26(13-20-6-5-7-21(24)12-20)22(27)15-29-14-19-10-8-17(3)9-11-19/h5-12,16,18H,13-15H2,1-4H3,(H,25,28)/t18-/m0/s1. The summed E-state index contributed by atoms with van der Waals surface area (Å²) in [4.78, 5) is 27.3. The molecule has 0 fully saturated rings. The van der Waals surface area contributed by atoms with Crippen LogP contribution in [0.5, 0.6) is 0 Å². The number of hydrogen-bond donors (Lipinski definition) is 1. The van der Waals surface area contributed by atoms with E-state index in [2.05, 4.69) is 52.4 Å². The number of rotatable bonds is 9. The summed E-state index contributed by atoms with van der Waals surface area (Å²) in [5.74, 6) is 0.935. The largest absolute Gasteiger partial charge is 0.352 e. The van der Waals surface area contributed by atoms with Gasteiger partial charge in [-0.25, -0.2) is 0 Å². The Morgan fingerprint density at radius 1 is 1.07 bits per heavy atom. The minimum absolute atomic E-state index is 0.0312. The first kappa shape index (κ1) is 23.5. The molecule has 1 atom stereocenters. The van der Waals surface area contributed by atoms with E-state index >= 15 is 0 Å². The fraction of sp³-hybridized carbons (Fsp3) is 0.391. The van der Waals surface area contributed by atoms with Crippen LogP contribution in [0.4, 0.5) is 0 Å². The minimum atomic E-state index is -0.538. The van der Waals surface area contributed by atoms with Crippen LogP contribution in [-0.2, 0) is 21.9 Å². The van der Waals surface area contributed by atoms with E-state index in [1.54, 1.807) is 23.6 Å². The van der Waals surface area contributed by atoms with Gasteiger partial charge < -0.3 is 10.2 Å². The van der Waals surface area contributed by atoms with Gasteiger partial charge in [0.05, 0.1) is 5.75 Å². The van der Waals surface area contributed by atoms with Crippen molar-refractivity contribution in [3.8, 4) is 0 Å². The smallest absolute Gasteiger partial charge is 0.242 e. The molecule has 0 aromatic heterocycles. The highest BCUT2D eigenvalue weighted by Gasteiger charge is 2.26. The molecule has 0 saturated carbocycles. The average Bonchev–Trinajstić information content (AvgIpc) is 2.66. The van der Waals surface area contributed by atoms with Crippen molar-refractivity contribution >= 4 is 39.5 Å². The van der Waals surface area contributed by atoms with Gasteiger partial charge in [0.1, 0.15) is 6.04 Å². The molecule has 0 aliphatic rings. The van der Waals surface area contributed by atoms with E-state index in [1.807, 2.05) is 38.1 Å². The Hall–Kier alpha value is -1.79. The van der Waals surface area contributed by atoms with Crippen molar-refractivity contribution in [1.29, 1.82) is 0 Å². The molecular formula is C23H29BrN2O2S. The monoisotopic (exact) mass is 476 g/mol. The third-order valence-corrected chi connectivity index (χ3v) is 5.94. The average molecular weight is 477 g/mol. The number of carbonyl (C=O) groups is 2. The van der Waals surface area contributed by atoms with Crippen LogP contribution in [-0.4, -0.2) is 34.6 Å². The number of nitrogens with one attached hydrogen (secondary N) is 1. The molecule has 0 radical (unpaired) electrons. The first-order valence-corrected chi connectivity index (χ1v) is 11.7. The summed E-state index contributed by atoms with van der Waals surface area (Å²) in [6.07, 6.45) is 0. The molecule has 2 aromatic carbocycles. The summed E-state index contributed by atoms with van der Waals surface area (Å²) < 4.78 is 0.954. The molecule has 0 spiro atoms. The van der Waals surface area contributed by atoms with E-state index < -0.39 is 6.04 Å². The van der Waals surface area contributed by atoms with Crippen LogP contribution < -0.4 is 5.32 Å². The number of nitrogens with zero attached hydrogens (tertiary/aromatic N) is 1. The van der Waals surface area contributed by atoms with Gasteiger partial charge in [-0.3, -0.25) is 9.59 Å². The molecule has 156 valence electrons. The summed E-state index contributed by atoms with van der Waals surface area (Å²) in [5, 5.41) is 2.91. The zero-order valence-electron chi connectivity index (χ0n) is 17.4. The molecule has 0 unspecified atom stereocenters. The predicted octanol–water partition coefficient (Wildman–Crippen LogP) is 4.93. The quantitative estimate of drug-likeness (QED) is 0.557. The molecule has 2 rings (SSSR count). The van der Waals surface area contributed by atoms with Crippen molar-refractivity contribution in [3.05, 3.63) is 69.7 Å².